The Bertz CT molecular complexity index is 1330. The Kier molecular flexibility index (Phi) is 7.07. The number of fused-ring (bicyclic) bond motifs is 1. The maximum absolute atomic E-state index is 15.9. The molecule has 2 aliphatic rings. The number of halogens is 3. The van der Waals surface area contributed by atoms with Gasteiger partial charge in [0.15, 0.2) is 17.2 Å². The Morgan fingerprint density at radius 1 is 1.19 bits per heavy atom. The van der Waals surface area contributed by atoms with Crippen molar-refractivity contribution in [2.75, 3.05) is 19.8 Å². The number of carbonyl (C=O) groups is 1. The quantitative estimate of drug-likeness (QED) is 0.373. The maximum Gasteiger partial charge on any atom is 0.249 e. The van der Waals surface area contributed by atoms with Crippen LogP contribution < -0.4 is 20.5 Å². The van der Waals surface area contributed by atoms with Crippen molar-refractivity contribution < 1.29 is 28.2 Å². The summed E-state index contributed by atoms with van der Waals surface area (Å²) >= 11 is 6.47. The van der Waals surface area contributed by atoms with Gasteiger partial charge in [-0.15, -0.1) is 0 Å². The van der Waals surface area contributed by atoms with E-state index in [1.165, 1.54) is 18.2 Å². The largest absolute Gasteiger partial charge is 0.488 e. The summed E-state index contributed by atoms with van der Waals surface area (Å²) in [6.45, 7) is -0.0714. The molecule has 3 aromatic carbocycles. The van der Waals surface area contributed by atoms with Crippen LogP contribution in [0.1, 0.15) is 40.7 Å². The second-order valence-corrected chi connectivity index (χ2v) is 9.79. The van der Waals surface area contributed by atoms with Gasteiger partial charge in [0.2, 0.25) is 5.91 Å². The molecule has 0 bridgehead atoms. The van der Waals surface area contributed by atoms with Crippen molar-refractivity contribution in [1.29, 1.82) is 0 Å². The van der Waals surface area contributed by atoms with E-state index in [0.29, 0.717) is 18.2 Å². The number of rotatable bonds is 9. The summed E-state index contributed by atoms with van der Waals surface area (Å²) in [4.78, 5) is 12.3. The molecule has 4 N–H and O–H groups in total. The Labute approximate surface area is 218 Å². The van der Waals surface area contributed by atoms with Crippen LogP contribution >= 0.6 is 11.6 Å². The standard InChI is InChI=1S/C28H27ClF2N2O4/c29-25-20(30)13-22-19(23(25)24-18(27(32)35)9-10-21(26(24)31)36-12-11-34)14-28(37-22,15-33-17-7-4-8-17)16-5-2-1-3-6-16/h1-3,5-6,9-10,13,17,33-34H,4,7-8,11-12,14-15H2,(H2,32,35)/t28-/m1/s1. The Balaban J connectivity index is 1.67. The molecule has 1 amide bonds. The third-order valence-electron chi connectivity index (χ3n) is 7.11. The van der Waals surface area contributed by atoms with Crippen LogP contribution in [0.2, 0.25) is 5.02 Å². The van der Waals surface area contributed by atoms with Crippen molar-refractivity contribution in [2.24, 2.45) is 5.73 Å². The molecular weight excluding hydrogens is 502 g/mol. The number of ether oxygens (including phenoxy) is 2. The molecule has 0 saturated heterocycles. The molecule has 5 rings (SSSR count). The molecule has 194 valence electrons. The molecule has 3 aromatic rings. The Hall–Kier alpha value is -3.20. The first-order valence-electron chi connectivity index (χ1n) is 12.2. The molecule has 0 spiro atoms. The summed E-state index contributed by atoms with van der Waals surface area (Å²) in [5, 5.41) is 12.3. The van der Waals surface area contributed by atoms with Crippen LogP contribution in [0.5, 0.6) is 11.5 Å². The zero-order chi connectivity index (χ0) is 26.2. The van der Waals surface area contributed by atoms with Gasteiger partial charge in [0, 0.05) is 41.8 Å². The van der Waals surface area contributed by atoms with Gasteiger partial charge < -0.3 is 25.6 Å². The van der Waals surface area contributed by atoms with Gasteiger partial charge in [-0.3, -0.25) is 4.79 Å². The van der Waals surface area contributed by atoms with Gasteiger partial charge in [-0.2, -0.15) is 0 Å². The van der Waals surface area contributed by atoms with Gasteiger partial charge >= 0.3 is 0 Å². The van der Waals surface area contributed by atoms with Gasteiger partial charge in [0.05, 0.1) is 17.2 Å². The first-order valence-corrected chi connectivity index (χ1v) is 12.6. The van der Waals surface area contributed by atoms with Crippen molar-refractivity contribution in [2.45, 2.75) is 37.3 Å². The average molecular weight is 529 g/mol. The highest BCUT2D eigenvalue weighted by Gasteiger charge is 2.44. The summed E-state index contributed by atoms with van der Waals surface area (Å²) in [5.74, 6) is -2.65. The highest BCUT2D eigenvalue weighted by Crippen LogP contribution is 2.50. The first-order chi connectivity index (χ1) is 17.8. The predicted molar refractivity (Wildman–Crippen MR) is 136 cm³/mol. The summed E-state index contributed by atoms with van der Waals surface area (Å²) in [6, 6.07) is 13.7. The summed E-state index contributed by atoms with van der Waals surface area (Å²) in [7, 11) is 0. The number of benzene rings is 3. The van der Waals surface area contributed by atoms with E-state index in [4.69, 9.17) is 31.9 Å². The average Bonchev–Trinajstić information content (AvgIpc) is 3.23. The molecule has 6 nitrogen and oxygen atoms in total. The van der Waals surface area contributed by atoms with E-state index in [1.54, 1.807) is 0 Å². The number of aliphatic hydroxyl groups excluding tert-OH is 1. The molecule has 1 saturated carbocycles. The van der Waals surface area contributed by atoms with Crippen molar-refractivity contribution >= 4 is 17.5 Å². The minimum atomic E-state index is -0.927. The fraction of sp³-hybridized carbons (Fsp3) is 0.321. The number of aliphatic hydroxyl groups is 1. The lowest BCUT2D eigenvalue weighted by atomic mass is 9.84. The van der Waals surface area contributed by atoms with Gasteiger partial charge in [0.25, 0.3) is 0 Å². The number of nitrogens with two attached hydrogens (primary N) is 1. The highest BCUT2D eigenvalue weighted by molar-refractivity contribution is 6.34. The summed E-state index contributed by atoms with van der Waals surface area (Å²) < 4.78 is 42.8. The fourth-order valence-corrected chi connectivity index (χ4v) is 5.26. The Morgan fingerprint density at radius 2 is 1.95 bits per heavy atom. The van der Waals surface area contributed by atoms with E-state index in [1.807, 2.05) is 30.3 Å². The van der Waals surface area contributed by atoms with Crippen LogP contribution in [0.3, 0.4) is 0 Å². The third kappa shape index (κ3) is 4.65. The lowest BCUT2D eigenvalue weighted by Crippen LogP contribution is -2.47. The van der Waals surface area contributed by atoms with Crippen LogP contribution in [-0.2, 0) is 12.0 Å². The number of hydrogen-bond acceptors (Lipinski definition) is 5. The van der Waals surface area contributed by atoms with Crippen LogP contribution in [0.25, 0.3) is 11.1 Å². The first kappa shape index (κ1) is 25.4. The number of nitrogens with one attached hydrogen (secondary N) is 1. The van der Waals surface area contributed by atoms with Crippen molar-refractivity contribution in [3.63, 3.8) is 0 Å². The van der Waals surface area contributed by atoms with Crippen molar-refractivity contribution in [3.05, 3.63) is 81.9 Å². The van der Waals surface area contributed by atoms with Crippen LogP contribution in [0.4, 0.5) is 8.78 Å². The molecule has 1 fully saturated rings. The summed E-state index contributed by atoms with van der Waals surface area (Å²) in [6.07, 6.45) is 3.54. The van der Waals surface area contributed by atoms with Gasteiger partial charge in [-0.1, -0.05) is 48.4 Å². The van der Waals surface area contributed by atoms with E-state index in [0.717, 1.165) is 24.8 Å². The van der Waals surface area contributed by atoms with Crippen LogP contribution in [0, 0.1) is 11.6 Å². The van der Waals surface area contributed by atoms with Gasteiger partial charge in [0.1, 0.15) is 18.2 Å². The second-order valence-electron chi connectivity index (χ2n) is 9.41. The Morgan fingerprint density at radius 3 is 2.59 bits per heavy atom. The minimum absolute atomic E-state index is 0.00105. The van der Waals surface area contributed by atoms with Crippen LogP contribution in [0.15, 0.2) is 48.5 Å². The molecule has 0 unspecified atom stereocenters. The second kappa shape index (κ2) is 10.3. The molecule has 1 aliphatic carbocycles. The van der Waals surface area contributed by atoms with Crippen molar-refractivity contribution in [1.82, 2.24) is 5.32 Å². The predicted octanol–water partition coefficient (Wildman–Crippen LogP) is 4.73. The zero-order valence-corrected chi connectivity index (χ0v) is 20.8. The molecule has 1 aliphatic heterocycles. The lowest BCUT2D eigenvalue weighted by molar-refractivity contribution is 0.0830. The fourth-order valence-electron chi connectivity index (χ4n) is 5.00. The van der Waals surface area contributed by atoms with Gasteiger partial charge in [-0.25, -0.2) is 8.78 Å². The van der Waals surface area contributed by atoms with Crippen molar-refractivity contribution in [3.8, 4) is 22.6 Å². The lowest BCUT2D eigenvalue weighted by Gasteiger charge is -2.34. The van der Waals surface area contributed by atoms with E-state index >= 15 is 8.78 Å². The molecule has 1 heterocycles. The monoisotopic (exact) mass is 528 g/mol. The molecule has 0 radical (unpaired) electrons. The number of carbonyl (C=O) groups excluding carboxylic acids is 1. The topological polar surface area (TPSA) is 93.8 Å². The normalized spacial score (nSPS) is 18.7. The molecule has 0 aromatic heterocycles. The van der Waals surface area contributed by atoms with Gasteiger partial charge in [-0.05, 0) is 30.5 Å². The molecule has 37 heavy (non-hydrogen) atoms. The smallest absolute Gasteiger partial charge is 0.249 e. The maximum atomic E-state index is 15.9. The molecular formula is C28H27ClF2N2O4. The van der Waals surface area contributed by atoms with E-state index in [-0.39, 0.29) is 52.8 Å². The SMILES string of the molecule is NC(=O)c1ccc(OCCO)c(F)c1-c1c(Cl)c(F)cc2c1C[C@@](CNC1CCC1)(c1ccccc1)O2. The minimum Gasteiger partial charge on any atom is -0.488 e. The molecule has 1 atom stereocenters. The number of hydrogen-bond donors (Lipinski definition) is 3. The third-order valence-corrected chi connectivity index (χ3v) is 7.48. The summed E-state index contributed by atoms with van der Waals surface area (Å²) in [5.41, 5.74) is 5.58. The van der Waals surface area contributed by atoms with E-state index < -0.39 is 23.1 Å². The zero-order valence-electron chi connectivity index (χ0n) is 20.0. The van der Waals surface area contributed by atoms with E-state index in [2.05, 4.69) is 5.32 Å². The number of primary amides is 1. The number of amides is 1. The van der Waals surface area contributed by atoms with Crippen LogP contribution in [-0.4, -0.2) is 36.8 Å². The van der Waals surface area contributed by atoms with E-state index in [9.17, 15) is 4.79 Å². The highest BCUT2D eigenvalue weighted by atomic mass is 35.5. The molecule has 9 heteroatoms.